The Hall–Kier alpha value is -1.81. The van der Waals surface area contributed by atoms with Gasteiger partial charge in [-0.3, -0.25) is 0 Å². The van der Waals surface area contributed by atoms with Crippen LogP contribution in [-0.4, -0.2) is 18.7 Å². The molecular weight excluding hydrogens is 384 g/mol. The number of ether oxygens (including phenoxy) is 1. The maximum absolute atomic E-state index is 10.9. The minimum Gasteiger partial charge on any atom is -0.537 e. The molecule has 7 nitrogen and oxygen atoms in total. The van der Waals surface area contributed by atoms with Crippen molar-refractivity contribution in [3.63, 3.8) is 0 Å². The van der Waals surface area contributed by atoms with Crippen LogP contribution in [0.3, 0.4) is 0 Å². The van der Waals surface area contributed by atoms with Gasteiger partial charge in [0, 0.05) is 10.9 Å². The molecule has 0 aliphatic heterocycles. The summed E-state index contributed by atoms with van der Waals surface area (Å²) < 4.78 is 39.0. The van der Waals surface area contributed by atoms with Gasteiger partial charge in [-0.25, -0.2) is 18.6 Å². The number of aryl methyl sites for hydroxylation is 1. The van der Waals surface area contributed by atoms with Gasteiger partial charge in [0.1, 0.15) is 12.5 Å². The minimum absolute atomic E-state index is 0.170. The van der Waals surface area contributed by atoms with E-state index in [9.17, 15) is 9.90 Å². The molecule has 0 fully saturated rings. The van der Waals surface area contributed by atoms with Gasteiger partial charge >= 0.3 is 0 Å². The summed E-state index contributed by atoms with van der Waals surface area (Å²) in [6.07, 6.45) is 2.12. The maximum Gasteiger partial charge on any atom is 0.252 e. The number of halogens is 1. The monoisotopic (exact) mass is 401 g/mol. The molecule has 0 saturated carbocycles. The minimum atomic E-state index is -4.94. The lowest BCUT2D eigenvalue weighted by Gasteiger charge is -2.24. The highest BCUT2D eigenvalue weighted by molar-refractivity contribution is 7.95. The van der Waals surface area contributed by atoms with Gasteiger partial charge < -0.3 is 14.6 Å². The van der Waals surface area contributed by atoms with Crippen LogP contribution in [0.25, 0.3) is 0 Å². The average molecular weight is 402 g/mol. The van der Waals surface area contributed by atoms with Gasteiger partial charge in [0.15, 0.2) is 4.90 Å². The van der Waals surface area contributed by atoms with Gasteiger partial charge in [-0.2, -0.15) is 0 Å². The number of carbonyl (C=O) groups is 1. The van der Waals surface area contributed by atoms with E-state index < -0.39 is 22.5 Å². The molecule has 0 saturated heterocycles. The molecule has 0 bridgehead atoms. The van der Waals surface area contributed by atoms with Crippen molar-refractivity contribution < 1.29 is 43.5 Å². The average Bonchev–Trinajstić information content (AvgIpc) is 2.52. The highest BCUT2D eigenvalue weighted by atomic mass is 35.7. The molecule has 0 aromatic heterocycles. The quantitative estimate of drug-likeness (QED) is 0.423. The molecule has 1 atom stereocenters. The normalized spacial score (nSPS) is 12.2. The van der Waals surface area contributed by atoms with Gasteiger partial charge in [0.25, 0.3) is 6.16 Å². The van der Waals surface area contributed by atoms with Crippen molar-refractivity contribution in [2.24, 2.45) is 0 Å². The topological polar surface area (TPSA) is 142 Å². The standard InChI is InChI=1S/C17H18O3S.ClHO4/c1-12-6-4-5-7-15(12)16(20-17(18)19)13-8-10-14(11-9-13)21(2)3;2-1(3,4)5/h4-11,16H,1-3H3;(H,2,3,4,5)/p-1. The molecule has 0 aliphatic carbocycles. The Kier molecular flexibility index (Phi) is 8.35. The smallest absolute Gasteiger partial charge is 0.252 e. The molecule has 1 unspecified atom stereocenters. The molecule has 2 aromatic rings. The van der Waals surface area contributed by atoms with Crippen LogP contribution >= 0.6 is 0 Å². The van der Waals surface area contributed by atoms with E-state index in [1.807, 2.05) is 55.5 Å². The third-order valence-electron chi connectivity index (χ3n) is 3.34. The van der Waals surface area contributed by atoms with E-state index in [-0.39, 0.29) is 10.9 Å². The van der Waals surface area contributed by atoms with Crippen molar-refractivity contribution in [2.45, 2.75) is 17.9 Å². The summed E-state index contributed by atoms with van der Waals surface area (Å²) in [4.78, 5) is 12.1. The zero-order valence-electron chi connectivity index (χ0n) is 14.3. The van der Waals surface area contributed by atoms with Gasteiger partial charge in [-0.05, 0) is 35.7 Å². The van der Waals surface area contributed by atoms with Crippen LogP contribution in [-0.2, 0) is 15.6 Å². The van der Waals surface area contributed by atoms with Gasteiger partial charge in [-0.15, -0.1) is 10.2 Å². The molecule has 2 rings (SSSR count). The Morgan fingerprint density at radius 1 is 1.00 bits per heavy atom. The first kappa shape index (κ1) is 22.2. The zero-order valence-corrected chi connectivity index (χ0v) is 15.9. The summed E-state index contributed by atoms with van der Waals surface area (Å²) in [5.74, 6) is 0. The van der Waals surface area contributed by atoms with Crippen molar-refractivity contribution in [1.29, 1.82) is 0 Å². The SMILES string of the molecule is Cc1ccccc1C(OC(=O)[O-])c1ccc([S+](C)C)cc1.[O-][Cl+3]([O-])([O-])[O-]. The fourth-order valence-electron chi connectivity index (χ4n) is 2.20. The van der Waals surface area contributed by atoms with Crippen LogP contribution in [0.1, 0.15) is 22.8 Å². The molecule has 142 valence electrons. The fourth-order valence-corrected chi connectivity index (χ4v) is 2.88. The predicted molar refractivity (Wildman–Crippen MR) is 83.4 cm³/mol. The molecule has 0 amide bonds. The summed E-state index contributed by atoms with van der Waals surface area (Å²) in [6, 6.07) is 15.5. The Morgan fingerprint density at radius 3 is 1.92 bits per heavy atom. The van der Waals surface area contributed by atoms with E-state index in [4.69, 9.17) is 23.4 Å². The Balaban J connectivity index is 0.000000597. The lowest BCUT2D eigenvalue weighted by atomic mass is 9.97. The van der Waals surface area contributed by atoms with E-state index in [2.05, 4.69) is 12.5 Å². The summed E-state index contributed by atoms with van der Waals surface area (Å²) >= 11 is 0. The number of hydrogen-bond acceptors (Lipinski definition) is 7. The van der Waals surface area contributed by atoms with Crippen molar-refractivity contribution in [1.82, 2.24) is 0 Å². The first-order valence-electron chi connectivity index (χ1n) is 7.21. The molecule has 0 spiro atoms. The Bertz CT molecular complexity index is 708. The summed E-state index contributed by atoms with van der Waals surface area (Å²) in [6.45, 7) is 1.94. The summed E-state index contributed by atoms with van der Waals surface area (Å²) in [7, 11) is -4.77. The lowest BCUT2D eigenvalue weighted by molar-refractivity contribution is -2.00. The molecule has 0 aliphatic rings. The summed E-state index contributed by atoms with van der Waals surface area (Å²) in [5.41, 5.74) is 2.63. The van der Waals surface area contributed by atoms with Crippen LogP contribution in [0.15, 0.2) is 53.4 Å². The largest absolute Gasteiger partial charge is 0.537 e. The molecule has 9 heteroatoms. The first-order valence-corrected chi connectivity index (χ1v) is 10.5. The summed E-state index contributed by atoms with van der Waals surface area (Å²) in [5, 5.41) is 10.9. The van der Waals surface area contributed by atoms with E-state index >= 15 is 0 Å². The number of hydrogen-bond donors (Lipinski definition) is 0. The van der Waals surface area contributed by atoms with Crippen LogP contribution in [0.2, 0.25) is 0 Å². The molecule has 0 heterocycles. The van der Waals surface area contributed by atoms with Crippen LogP contribution in [0, 0.1) is 17.2 Å². The zero-order chi connectivity index (χ0) is 19.9. The van der Waals surface area contributed by atoms with E-state index in [0.29, 0.717) is 0 Å². The number of benzene rings is 2. The Labute approximate surface area is 156 Å². The molecule has 2 aromatic carbocycles. The van der Waals surface area contributed by atoms with Gasteiger partial charge in [0.2, 0.25) is 0 Å². The van der Waals surface area contributed by atoms with Crippen LogP contribution < -0.4 is 23.7 Å². The van der Waals surface area contributed by atoms with Crippen molar-refractivity contribution in [3.05, 3.63) is 65.2 Å². The third kappa shape index (κ3) is 8.05. The molecule has 0 N–H and O–H groups in total. The van der Waals surface area contributed by atoms with Crippen molar-refractivity contribution in [2.75, 3.05) is 12.5 Å². The van der Waals surface area contributed by atoms with Gasteiger partial charge in [-0.1, -0.05) is 36.4 Å². The van der Waals surface area contributed by atoms with Gasteiger partial charge in [0.05, 0.1) is 6.10 Å². The molecule has 0 radical (unpaired) electrons. The highest BCUT2D eigenvalue weighted by Crippen LogP contribution is 2.29. The van der Waals surface area contributed by atoms with Crippen LogP contribution in [0.5, 0.6) is 0 Å². The fraction of sp³-hybridized carbons (Fsp3) is 0.235. The first-order chi connectivity index (χ1) is 12.0. The number of rotatable bonds is 4. The number of carboxylic acid groups (broad SMARTS) is 1. The molecular formula is C17H18ClO7S-. The van der Waals surface area contributed by atoms with E-state index in [0.717, 1.165) is 16.7 Å². The van der Waals surface area contributed by atoms with E-state index in [1.165, 1.54) is 4.90 Å². The maximum atomic E-state index is 10.9. The van der Waals surface area contributed by atoms with E-state index in [1.54, 1.807) is 0 Å². The second-order valence-electron chi connectivity index (χ2n) is 5.37. The molecule has 26 heavy (non-hydrogen) atoms. The second-order valence-corrected chi connectivity index (χ2v) is 8.23. The van der Waals surface area contributed by atoms with Crippen molar-refractivity contribution in [3.8, 4) is 0 Å². The Morgan fingerprint density at radius 2 is 1.50 bits per heavy atom. The predicted octanol–water partition coefficient (Wildman–Crippen LogP) is -2.07. The van der Waals surface area contributed by atoms with Crippen molar-refractivity contribution >= 4 is 17.1 Å². The highest BCUT2D eigenvalue weighted by Gasteiger charge is 2.16. The number of carbonyl (C=O) groups excluding carboxylic acids is 1. The second kappa shape index (κ2) is 9.77. The lowest BCUT2D eigenvalue weighted by Crippen LogP contribution is -2.68. The third-order valence-corrected chi connectivity index (χ3v) is 4.55. The van der Waals surface area contributed by atoms with Crippen LogP contribution in [0.4, 0.5) is 4.79 Å².